The number of pyridine rings is 1. The van der Waals surface area contributed by atoms with Crippen LogP contribution in [0.3, 0.4) is 0 Å². The zero-order chi connectivity index (χ0) is 21.0. The van der Waals surface area contributed by atoms with Crippen molar-refractivity contribution in [2.75, 3.05) is 19.6 Å². The summed E-state index contributed by atoms with van der Waals surface area (Å²) in [5.41, 5.74) is 1.08. The Balaban J connectivity index is 0.000000298. The van der Waals surface area contributed by atoms with Crippen molar-refractivity contribution in [2.24, 2.45) is 11.8 Å². The van der Waals surface area contributed by atoms with Crippen molar-refractivity contribution in [2.45, 2.75) is 44.2 Å². The van der Waals surface area contributed by atoms with E-state index >= 15 is 0 Å². The monoisotopic (exact) mass is 415 g/mol. The van der Waals surface area contributed by atoms with Gasteiger partial charge in [-0.25, -0.2) is 4.79 Å². The van der Waals surface area contributed by atoms with E-state index < -0.39 is 12.1 Å². The Morgan fingerprint density at radius 3 is 2.59 bits per heavy atom. The fraction of sp³-hybridized carbons (Fsp3) is 0.632. The number of carboxylic acid groups (broad SMARTS) is 1. The average Bonchev–Trinajstić information content (AvgIpc) is 3.44. The van der Waals surface area contributed by atoms with Crippen LogP contribution in [0.5, 0.6) is 0 Å². The van der Waals surface area contributed by atoms with Crippen LogP contribution in [0.4, 0.5) is 13.2 Å². The topological polar surface area (TPSA) is 91.8 Å². The number of hydrogen-bond donors (Lipinski definition) is 2. The molecule has 2 saturated heterocycles. The first-order valence-electron chi connectivity index (χ1n) is 9.58. The number of carboxylic acids is 1. The molecule has 7 nitrogen and oxygen atoms in total. The van der Waals surface area contributed by atoms with Crippen LogP contribution in [0.15, 0.2) is 24.4 Å². The third-order valence-electron chi connectivity index (χ3n) is 5.19. The summed E-state index contributed by atoms with van der Waals surface area (Å²) < 4.78 is 37.7. The zero-order valence-corrected chi connectivity index (χ0v) is 15.8. The molecule has 4 rings (SSSR count). The van der Waals surface area contributed by atoms with Crippen LogP contribution in [-0.4, -0.2) is 64.9 Å². The molecule has 1 aromatic rings. The summed E-state index contributed by atoms with van der Waals surface area (Å²) in [7, 11) is 0. The maximum absolute atomic E-state index is 12.4. The maximum atomic E-state index is 12.4. The first-order valence-corrected chi connectivity index (χ1v) is 9.58. The molecule has 1 aliphatic carbocycles. The van der Waals surface area contributed by atoms with Crippen molar-refractivity contribution in [3.8, 4) is 0 Å². The number of rotatable bonds is 5. The Morgan fingerprint density at radius 1 is 1.28 bits per heavy atom. The second-order valence-electron chi connectivity index (χ2n) is 7.65. The largest absolute Gasteiger partial charge is 0.490 e. The number of nitrogens with zero attached hydrogens (tertiary/aromatic N) is 2. The van der Waals surface area contributed by atoms with Gasteiger partial charge in [-0.15, -0.1) is 0 Å². The van der Waals surface area contributed by atoms with Crippen molar-refractivity contribution in [3.05, 3.63) is 30.1 Å². The van der Waals surface area contributed by atoms with Gasteiger partial charge in [0.15, 0.2) is 0 Å². The molecule has 3 aliphatic rings. The second-order valence-corrected chi connectivity index (χ2v) is 7.65. The standard InChI is InChI=1S/C17H23N3O2.C2HF3O2/c21-17(19-8-12-4-5-12)15-7-14-10-20(11-16(15)22-14)9-13-3-1-2-6-18-13;3-2(4,5)1(6)7/h1-3,6,12,14-16H,4-5,7-11H2,(H,19,21);(H,6,7). The lowest BCUT2D eigenvalue weighted by molar-refractivity contribution is -0.192. The van der Waals surface area contributed by atoms with E-state index in [4.69, 9.17) is 14.6 Å². The number of hydrogen-bond acceptors (Lipinski definition) is 5. The van der Waals surface area contributed by atoms with E-state index in [0.717, 1.165) is 44.2 Å². The van der Waals surface area contributed by atoms with Gasteiger partial charge < -0.3 is 15.2 Å². The highest BCUT2D eigenvalue weighted by molar-refractivity contribution is 5.79. The Labute approximate surface area is 166 Å². The van der Waals surface area contributed by atoms with Crippen molar-refractivity contribution in [3.63, 3.8) is 0 Å². The van der Waals surface area contributed by atoms with E-state index in [1.165, 1.54) is 12.8 Å². The molecule has 160 valence electrons. The average molecular weight is 415 g/mol. The van der Waals surface area contributed by atoms with E-state index in [1.54, 1.807) is 0 Å². The van der Waals surface area contributed by atoms with Gasteiger partial charge in [-0.05, 0) is 37.3 Å². The van der Waals surface area contributed by atoms with Crippen molar-refractivity contribution in [1.29, 1.82) is 0 Å². The first kappa shape index (κ1) is 21.5. The molecule has 10 heteroatoms. The van der Waals surface area contributed by atoms with Crippen LogP contribution < -0.4 is 5.32 Å². The Hall–Kier alpha value is -2.20. The van der Waals surface area contributed by atoms with Gasteiger partial charge in [0.2, 0.25) is 5.91 Å². The molecule has 3 atom stereocenters. The van der Waals surface area contributed by atoms with Gasteiger partial charge in [-0.2, -0.15) is 13.2 Å². The Morgan fingerprint density at radius 2 is 2.00 bits per heavy atom. The van der Waals surface area contributed by atoms with Gasteiger partial charge >= 0.3 is 12.1 Å². The molecule has 0 radical (unpaired) electrons. The molecule has 29 heavy (non-hydrogen) atoms. The van der Waals surface area contributed by atoms with E-state index in [-0.39, 0.29) is 24.0 Å². The third-order valence-corrected chi connectivity index (χ3v) is 5.19. The van der Waals surface area contributed by atoms with Gasteiger partial charge in [0.25, 0.3) is 0 Å². The first-order chi connectivity index (χ1) is 13.7. The molecular formula is C19H24F3N3O4. The van der Waals surface area contributed by atoms with Gasteiger partial charge in [0.1, 0.15) is 0 Å². The number of morpholine rings is 1. The highest BCUT2D eigenvalue weighted by Crippen LogP contribution is 2.33. The Bertz CT molecular complexity index is 712. The summed E-state index contributed by atoms with van der Waals surface area (Å²) in [5, 5.41) is 10.2. The predicted octanol–water partition coefficient (Wildman–Crippen LogP) is 1.83. The minimum Gasteiger partial charge on any atom is -0.475 e. The molecule has 1 aromatic heterocycles. The van der Waals surface area contributed by atoms with Crippen LogP contribution in [0, 0.1) is 11.8 Å². The molecule has 2 N–H and O–H groups in total. The lowest BCUT2D eigenvalue weighted by Gasteiger charge is -2.32. The number of ether oxygens (including phenoxy) is 1. The molecule has 0 spiro atoms. The highest BCUT2D eigenvalue weighted by atomic mass is 19.4. The number of carbonyl (C=O) groups excluding carboxylic acids is 1. The molecule has 3 fully saturated rings. The summed E-state index contributed by atoms with van der Waals surface area (Å²) in [6, 6.07) is 6.01. The quantitative estimate of drug-likeness (QED) is 0.763. The second kappa shape index (κ2) is 9.08. The predicted molar refractivity (Wildman–Crippen MR) is 95.7 cm³/mol. The number of aromatic nitrogens is 1. The van der Waals surface area contributed by atoms with Gasteiger partial charge in [0, 0.05) is 32.4 Å². The minimum atomic E-state index is -5.08. The highest BCUT2D eigenvalue weighted by Gasteiger charge is 2.44. The van der Waals surface area contributed by atoms with E-state index in [9.17, 15) is 18.0 Å². The van der Waals surface area contributed by atoms with E-state index in [1.807, 2.05) is 18.3 Å². The maximum Gasteiger partial charge on any atom is 0.490 e. The molecule has 3 unspecified atom stereocenters. The number of aliphatic carboxylic acids is 1. The molecule has 3 heterocycles. The van der Waals surface area contributed by atoms with E-state index in [0.29, 0.717) is 0 Å². The summed E-state index contributed by atoms with van der Waals surface area (Å²) in [4.78, 5) is 28.0. The lowest BCUT2D eigenvalue weighted by atomic mass is 9.99. The molecular weight excluding hydrogens is 391 g/mol. The number of carbonyl (C=O) groups is 2. The van der Waals surface area contributed by atoms with Crippen LogP contribution in [-0.2, 0) is 20.9 Å². The zero-order valence-electron chi connectivity index (χ0n) is 15.8. The SMILES string of the molecule is O=C(NCC1CC1)C1CC2CN(Cc3ccccn3)CC1O2.O=C(O)C(F)(F)F. The number of nitrogens with one attached hydrogen (secondary N) is 1. The van der Waals surface area contributed by atoms with Gasteiger partial charge in [-0.1, -0.05) is 6.07 Å². The van der Waals surface area contributed by atoms with E-state index in [2.05, 4.69) is 21.3 Å². The summed E-state index contributed by atoms with van der Waals surface area (Å²) in [5.74, 6) is -1.81. The summed E-state index contributed by atoms with van der Waals surface area (Å²) in [6.07, 6.45) is 0.385. The van der Waals surface area contributed by atoms with Gasteiger partial charge in [0.05, 0.1) is 23.8 Å². The van der Waals surface area contributed by atoms with Crippen molar-refractivity contribution >= 4 is 11.9 Å². The fourth-order valence-electron chi connectivity index (χ4n) is 3.56. The summed E-state index contributed by atoms with van der Waals surface area (Å²) in [6.45, 7) is 3.42. The number of fused-ring (bicyclic) bond motifs is 2. The smallest absolute Gasteiger partial charge is 0.475 e. The Kier molecular flexibility index (Phi) is 6.74. The molecule has 2 aliphatic heterocycles. The fourth-order valence-corrected chi connectivity index (χ4v) is 3.56. The van der Waals surface area contributed by atoms with Crippen LogP contribution in [0.25, 0.3) is 0 Å². The number of halogens is 3. The van der Waals surface area contributed by atoms with Gasteiger partial charge in [-0.3, -0.25) is 14.7 Å². The number of amides is 1. The van der Waals surface area contributed by atoms with Crippen LogP contribution >= 0.6 is 0 Å². The normalized spacial score (nSPS) is 26.4. The third kappa shape index (κ3) is 6.40. The number of likely N-dealkylation sites (tertiary alicyclic amines) is 1. The molecule has 1 saturated carbocycles. The van der Waals surface area contributed by atoms with Crippen molar-refractivity contribution in [1.82, 2.24) is 15.2 Å². The van der Waals surface area contributed by atoms with Crippen LogP contribution in [0.1, 0.15) is 25.0 Å². The minimum absolute atomic E-state index is 0.0254. The molecule has 0 aromatic carbocycles. The van der Waals surface area contributed by atoms with Crippen molar-refractivity contribution < 1.29 is 32.6 Å². The summed E-state index contributed by atoms with van der Waals surface area (Å²) >= 11 is 0. The molecule has 1 amide bonds. The molecule has 2 bridgehead atoms. The lowest BCUT2D eigenvalue weighted by Crippen LogP contribution is -2.45. The van der Waals surface area contributed by atoms with Crippen LogP contribution in [0.2, 0.25) is 0 Å². The number of alkyl halides is 3.